The number of anilines is 3. The number of rotatable bonds is 8. The number of nitrogens with zero attached hydrogens (tertiary/aromatic N) is 4. The predicted octanol–water partition coefficient (Wildman–Crippen LogP) is 5.32. The number of urea groups is 1. The molecule has 1 aromatic heterocycles. The highest BCUT2D eigenvalue weighted by molar-refractivity contribution is 6.16. The quantitative estimate of drug-likeness (QED) is 0.426. The van der Waals surface area contributed by atoms with Crippen molar-refractivity contribution >= 4 is 53.9 Å². The molecule has 1 unspecified atom stereocenters. The van der Waals surface area contributed by atoms with Crippen molar-refractivity contribution in [2.24, 2.45) is 5.92 Å². The molecule has 3 aliphatic rings. The van der Waals surface area contributed by atoms with Gasteiger partial charge in [-0.3, -0.25) is 4.79 Å². The largest absolute Gasteiger partial charge is 0.336 e. The predicted molar refractivity (Wildman–Crippen MR) is 157 cm³/mol. The van der Waals surface area contributed by atoms with Crippen LogP contribution in [0.3, 0.4) is 0 Å². The molecular weight excluding hydrogens is 523 g/mol. The number of carbonyl (C=O) groups excluding carboxylic acids is 2. The summed E-state index contributed by atoms with van der Waals surface area (Å²) >= 11 is 0. The van der Waals surface area contributed by atoms with Crippen LogP contribution in [0.25, 0.3) is 0 Å². The average molecular weight is 564 g/mol. The van der Waals surface area contributed by atoms with E-state index in [0.29, 0.717) is 29.3 Å². The molecule has 1 atom stereocenters. The fourth-order valence-corrected chi connectivity index (χ4v) is 5.81. The smallest absolute Gasteiger partial charge is 0.327 e. The highest BCUT2D eigenvalue weighted by atomic mass is 35.5. The van der Waals surface area contributed by atoms with Crippen LogP contribution < -0.4 is 15.5 Å². The Labute approximate surface area is 238 Å². The van der Waals surface area contributed by atoms with Gasteiger partial charge in [-0.2, -0.15) is 0 Å². The zero-order chi connectivity index (χ0) is 24.7. The zero-order valence-electron chi connectivity index (χ0n) is 21.9. The van der Waals surface area contributed by atoms with Crippen molar-refractivity contribution in [3.05, 3.63) is 48.2 Å². The summed E-state index contributed by atoms with van der Waals surface area (Å²) in [5, 5.41) is 5.96. The van der Waals surface area contributed by atoms with Crippen LogP contribution in [0.15, 0.2) is 42.6 Å². The van der Waals surface area contributed by atoms with Gasteiger partial charge in [0.15, 0.2) is 5.82 Å². The maximum absolute atomic E-state index is 13.4. The first-order chi connectivity index (χ1) is 17.7. The van der Waals surface area contributed by atoms with Crippen LogP contribution in [0.2, 0.25) is 0 Å². The summed E-state index contributed by atoms with van der Waals surface area (Å²) in [7, 11) is 0. The molecule has 8 nitrogen and oxygen atoms in total. The van der Waals surface area contributed by atoms with E-state index in [0.717, 1.165) is 25.6 Å². The third-order valence-corrected chi connectivity index (χ3v) is 7.68. The second kappa shape index (κ2) is 14.7. The Morgan fingerprint density at radius 3 is 2.61 bits per heavy atom. The van der Waals surface area contributed by atoms with Gasteiger partial charge < -0.3 is 20.4 Å². The van der Waals surface area contributed by atoms with Gasteiger partial charge in [0.1, 0.15) is 0 Å². The van der Waals surface area contributed by atoms with Crippen molar-refractivity contribution in [1.29, 1.82) is 0 Å². The molecule has 2 N–H and O–H groups in total. The molecule has 3 amide bonds. The normalized spacial score (nSPS) is 19.3. The Morgan fingerprint density at radius 2 is 1.76 bits per heavy atom. The van der Waals surface area contributed by atoms with Crippen molar-refractivity contribution in [3.63, 3.8) is 0 Å². The standard InChI is InChI=1S/C28H38N6O2.2ClH/c35-27-23-11-1-2-13-25(23)34(26-24(31-27)12-7-14-29-26)28(36)30-15-20-33-19-8-10-22(21-33)9-3-4-16-32-17-5-6-18-32;;/h1-2,7,11-14,22H,3-6,8-10,15-21H2,(H,30,36)(H,31,35);2*1H. The highest BCUT2D eigenvalue weighted by Gasteiger charge is 2.30. The lowest BCUT2D eigenvalue weighted by Crippen LogP contribution is -2.44. The van der Waals surface area contributed by atoms with E-state index in [1.165, 1.54) is 69.5 Å². The molecule has 0 radical (unpaired) electrons. The molecule has 10 heteroatoms. The lowest BCUT2D eigenvalue weighted by atomic mass is 9.92. The van der Waals surface area contributed by atoms with E-state index < -0.39 is 0 Å². The number of benzene rings is 1. The second-order valence-electron chi connectivity index (χ2n) is 10.3. The second-order valence-corrected chi connectivity index (χ2v) is 10.3. The molecule has 0 saturated carbocycles. The number of carbonyl (C=O) groups is 2. The molecule has 1 aromatic carbocycles. The van der Waals surface area contributed by atoms with Crippen molar-refractivity contribution < 1.29 is 9.59 Å². The van der Waals surface area contributed by atoms with E-state index in [9.17, 15) is 9.59 Å². The Kier molecular flexibility index (Phi) is 11.6. The van der Waals surface area contributed by atoms with E-state index in [2.05, 4.69) is 25.4 Å². The number of hydrogen-bond acceptors (Lipinski definition) is 5. The van der Waals surface area contributed by atoms with E-state index in [4.69, 9.17) is 0 Å². The number of unbranched alkanes of at least 4 members (excludes halogenated alkanes) is 1. The first kappa shape index (κ1) is 30.2. The summed E-state index contributed by atoms with van der Waals surface area (Å²) in [6.07, 6.45) is 10.9. The van der Waals surface area contributed by atoms with E-state index in [1.54, 1.807) is 36.5 Å². The summed E-state index contributed by atoms with van der Waals surface area (Å²) in [6, 6.07) is 10.4. The van der Waals surface area contributed by atoms with Gasteiger partial charge in [0.2, 0.25) is 0 Å². The van der Waals surface area contributed by atoms with Gasteiger partial charge in [-0.25, -0.2) is 14.7 Å². The van der Waals surface area contributed by atoms with Crippen molar-refractivity contribution in [1.82, 2.24) is 20.1 Å². The Hall–Kier alpha value is -2.39. The SMILES string of the molecule is Cl.Cl.O=C1Nc2cccnc2N(C(=O)NCCN2CCCC(CCCCN3CCCC3)C2)c2ccccc21. The maximum atomic E-state index is 13.4. The number of fused-ring (bicyclic) bond motifs is 2. The van der Waals surface area contributed by atoms with E-state index in [-0.39, 0.29) is 36.8 Å². The Balaban J connectivity index is 0.00000200. The number of nitrogens with one attached hydrogen (secondary N) is 2. The summed E-state index contributed by atoms with van der Waals surface area (Å²) in [5.74, 6) is 0.953. The molecule has 38 heavy (non-hydrogen) atoms. The van der Waals surface area contributed by atoms with Gasteiger partial charge in [0, 0.05) is 25.8 Å². The number of pyridine rings is 1. The fraction of sp³-hybridized carbons (Fsp3) is 0.536. The third kappa shape index (κ3) is 7.38. The van der Waals surface area contributed by atoms with Crippen LogP contribution in [0.4, 0.5) is 22.0 Å². The molecule has 0 spiro atoms. The molecule has 0 aliphatic carbocycles. The van der Waals surface area contributed by atoms with Gasteiger partial charge in [-0.1, -0.05) is 18.6 Å². The molecule has 2 saturated heterocycles. The number of amides is 3. The summed E-state index contributed by atoms with van der Waals surface area (Å²) < 4.78 is 0. The lowest BCUT2D eigenvalue weighted by Gasteiger charge is -2.33. The molecule has 2 fully saturated rings. The maximum Gasteiger partial charge on any atom is 0.327 e. The van der Waals surface area contributed by atoms with Crippen molar-refractivity contribution in [2.75, 3.05) is 56.0 Å². The zero-order valence-corrected chi connectivity index (χ0v) is 23.6. The van der Waals surface area contributed by atoms with Crippen LogP contribution in [-0.4, -0.2) is 72.5 Å². The molecule has 3 aliphatic heterocycles. The third-order valence-electron chi connectivity index (χ3n) is 7.68. The summed E-state index contributed by atoms with van der Waals surface area (Å²) in [4.78, 5) is 37.2. The van der Waals surface area contributed by atoms with Gasteiger partial charge >= 0.3 is 6.03 Å². The first-order valence-electron chi connectivity index (χ1n) is 13.6. The minimum absolute atomic E-state index is 0. The number of hydrogen-bond donors (Lipinski definition) is 2. The number of para-hydroxylation sites is 1. The molecule has 5 rings (SSSR count). The van der Waals surface area contributed by atoms with Gasteiger partial charge in [0.25, 0.3) is 5.91 Å². The van der Waals surface area contributed by atoms with Crippen molar-refractivity contribution in [3.8, 4) is 0 Å². The molecule has 0 bridgehead atoms. The first-order valence-corrected chi connectivity index (χ1v) is 13.6. The van der Waals surface area contributed by atoms with E-state index >= 15 is 0 Å². The van der Waals surface area contributed by atoms with Crippen LogP contribution >= 0.6 is 24.8 Å². The number of aromatic nitrogens is 1. The molecule has 2 aromatic rings. The lowest BCUT2D eigenvalue weighted by molar-refractivity contribution is 0.102. The van der Waals surface area contributed by atoms with Crippen LogP contribution in [0, 0.1) is 5.92 Å². The van der Waals surface area contributed by atoms with Crippen LogP contribution in [-0.2, 0) is 0 Å². The van der Waals surface area contributed by atoms with Crippen LogP contribution in [0.5, 0.6) is 0 Å². The van der Waals surface area contributed by atoms with Crippen LogP contribution in [0.1, 0.15) is 55.3 Å². The number of piperidine rings is 1. The van der Waals surface area contributed by atoms with E-state index in [1.807, 2.05) is 6.07 Å². The summed E-state index contributed by atoms with van der Waals surface area (Å²) in [6.45, 7) is 7.45. The number of likely N-dealkylation sites (tertiary alicyclic amines) is 2. The monoisotopic (exact) mass is 562 g/mol. The molecular formula is C28H40Cl2N6O2. The van der Waals surface area contributed by atoms with Crippen molar-refractivity contribution in [2.45, 2.75) is 44.9 Å². The van der Waals surface area contributed by atoms with Gasteiger partial charge in [-0.15, -0.1) is 24.8 Å². The summed E-state index contributed by atoms with van der Waals surface area (Å²) in [5.41, 5.74) is 1.52. The Morgan fingerprint density at radius 1 is 0.974 bits per heavy atom. The fourth-order valence-electron chi connectivity index (χ4n) is 5.81. The average Bonchev–Trinajstić information content (AvgIpc) is 3.38. The number of halogens is 2. The Bertz CT molecular complexity index is 1070. The molecule has 208 valence electrons. The minimum atomic E-state index is -0.269. The molecule has 4 heterocycles. The minimum Gasteiger partial charge on any atom is -0.336 e. The van der Waals surface area contributed by atoms with Gasteiger partial charge in [0.05, 0.1) is 16.9 Å². The highest BCUT2D eigenvalue weighted by Crippen LogP contribution is 2.36. The van der Waals surface area contributed by atoms with Gasteiger partial charge in [-0.05, 0) is 94.9 Å². The topological polar surface area (TPSA) is 80.8 Å².